The van der Waals surface area contributed by atoms with Crippen LogP contribution >= 0.6 is 0 Å². The summed E-state index contributed by atoms with van der Waals surface area (Å²) in [6, 6.07) is 8.46. The van der Waals surface area contributed by atoms with Gasteiger partial charge in [0.15, 0.2) is 0 Å². The standard InChI is InChI=1S/C14H19NO/c1-10(16)8-9-12-11(2)15(3)14-7-5-4-6-13(12)14/h4-7,10,16H,8-9H2,1-3H3. The molecule has 2 rings (SSSR count). The zero-order chi connectivity index (χ0) is 11.7. The Morgan fingerprint density at radius 3 is 2.69 bits per heavy atom. The molecule has 2 heteroatoms. The second kappa shape index (κ2) is 4.30. The summed E-state index contributed by atoms with van der Waals surface area (Å²) in [7, 11) is 2.10. The highest BCUT2D eigenvalue weighted by molar-refractivity contribution is 5.85. The third kappa shape index (κ3) is 1.85. The summed E-state index contributed by atoms with van der Waals surface area (Å²) < 4.78 is 2.23. The largest absolute Gasteiger partial charge is 0.393 e. The Morgan fingerprint density at radius 2 is 2.00 bits per heavy atom. The van der Waals surface area contributed by atoms with E-state index in [2.05, 4.69) is 42.8 Å². The van der Waals surface area contributed by atoms with Crippen molar-refractivity contribution in [1.82, 2.24) is 4.57 Å². The molecule has 0 spiro atoms. The van der Waals surface area contributed by atoms with E-state index in [1.807, 2.05) is 6.92 Å². The lowest BCUT2D eigenvalue weighted by Crippen LogP contribution is -2.02. The highest BCUT2D eigenvalue weighted by Gasteiger charge is 2.11. The molecular weight excluding hydrogens is 198 g/mol. The van der Waals surface area contributed by atoms with Gasteiger partial charge in [-0.05, 0) is 38.3 Å². The van der Waals surface area contributed by atoms with Gasteiger partial charge in [0.2, 0.25) is 0 Å². The van der Waals surface area contributed by atoms with Gasteiger partial charge in [-0.15, -0.1) is 0 Å². The summed E-state index contributed by atoms with van der Waals surface area (Å²) in [5.41, 5.74) is 3.96. The molecule has 0 amide bonds. The monoisotopic (exact) mass is 217 g/mol. The maximum Gasteiger partial charge on any atom is 0.0515 e. The van der Waals surface area contributed by atoms with Gasteiger partial charge >= 0.3 is 0 Å². The Balaban J connectivity index is 2.47. The fraction of sp³-hybridized carbons (Fsp3) is 0.429. The van der Waals surface area contributed by atoms with Crippen LogP contribution in [-0.2, 0) is 13.5 Å². The van der Waals surface area contributed by atoms with E-state index in [-0.39, 0.29) is 6.10 Å². The maximum absolute atomic E-state index is 9.38. The number of hydrogen-bond acceptors (Lipinski definition) is 1. The lowest BCUT2D eigenvalue weighted by Gasteiger charge is -2.04. The minimum Gasteiger partial charge on any atom is -0.393 e. The number of aryl methyl sites for hydroxylation is 2. The van der Waals surface area contributed by atoms with Crippen LogP contribution in [-0.4, -0.2) is 15.8 Å². The van der Waals surface area contributed by atoms with Crippen LogP contribution in [0.1, 0.15) is 24.6 Å². The van der Waals surface area contributed by atoms with E-state index >= 15 is 0 Å². The Morgan fingerprint density at radius 1 is 1.31 bits per heavy atom. The summed E-state index contributed by atoms with van der Waals surface area (Å²) in [6.07, 6.45) is 1.55. The molecule has 0 aliphatic rings. The molecule has 1 N–H and O–H groups in total. The normalized spacial score (nSPS) is 13.2. The van der Waals surface area contributed by atoms with Crippen LogP contribution in [0.3, 0.4) is 0 Å². The van der Waals surface area contributed by atoms with Gasteiger partial charge in [-0.3, -0.25) is 0 Å². The molecular formula is C14H19NO. The summed E-state index contributed by atoms with van der Waals surface area (Å²) in [5.74, 6) is 0. The molecule has 1 heterocycles. The van der Waals surface area contributed by atoms with Gasteiger partial charge in [-0.25, -0.2) is 0 Å². The van der Waals surface area contributed by atoms with Crippen molar-refractivity contribution in [2.24, 2.45) is 7.05 Å². The fourth-order valence-corrected chi connectivity index (χ4v) is 2.27. The molecule has 2 aromatic rings. The molecule has 0 aliphatic heterocycles. The maximum atomic E-state index is 9.38. The molecule has 1 aromatic carbocycles. The molecule has 1 unspecified atom stereocenters. The van der Waals surface area contributed by atoms with Crippen molar-refractivity contribution in [1.29, 1.82) is 0 Å². The van der Waals surface area contributed by atoms with Crippen molar-refractivity contribution in [2.45, 2.75) is 32.8 Å². The number of rotatable bonds is 3. The lowest BCUT2D eigenvalue weighted by atomic mass is 10.0. The molecule has 0 aliphatic carbocycles. The second-order valence-electron chi connectivity index (χ2n) is 4.53. The van der Waals surface area contributed by atoms with E-state index in [0.717, 1.165) is 12.8 Å². The van der Waals surface area contributed by atoms with E-state index in [9.17, 15) is 5.11 Å². The van der Waals surface area contributed by atoms with Crippen LogP contribution in [0.5, 0.6) is 0 Å². The van der Waals surface area contributed by atoms with Crippen molar-refractivity contribution >= 4 is 10.9 Å². The Bertz CT molecular complexity index is 497. The molecule has 0 saturated carbocycles. The SMILES string of the molecule is Cc1c(CCC(C)O)c2ccccc2n1C. The van der Waals surface area contributed by atoms with Crippen LogP contribution in [0.2, 0.25) is 0 Å². The first-order valence-corrected chi connectivity index (χ1v) is 5.82. The van der Waals surface area contributed by atoms with Gasteiger partial charge < -0.3 is 9.67 Å². The third-order valence-electron chi connectivity index (χ3n) is 3.34. The van der Waals surface area contributed by atoms with E-state index in [0.29, 0.717) is 0 Å². The number of para-hydroxylation sites is 1. The summed E-state index contributed by atoms with van der Waals surface area (Å²) in [4.78, 5) is 0. The zero-order valence-electron chi connectivity index (χ0n) is 10.2. The van der Waals surface area contributed by atoms with Gasteiger partial charge in [0.1, 0.15) is 0 Å². The van der Waals surface area contributed by atoms with Crippen molar-refractivity contribution in [3.8, 4) is 0 Å². The average Bonchev–Trinajstić information content (AvgIpc) is 2.50. The molecule has 1 atom stereocenters. The highest BCUT2D eigenvalue weighted by Crippen LogP contribution is 2.25. The third-order valence-corrected chi connectivity index (χ3v) is 3.34. The molecule has 0 saturated heterocycles. The van der Waals surface area contributed by atoms with Crippen LogP contribution in [0, 0.1) is 6.92 Å². The molecule has 16 heavy (non-hydrogen) atoms. The molecule has 0 radical (unpaired) electrons. The molecule has 0 fully saturated rings. The predicted molar refractivity (Wildman–Crippen MR) is 67.7 cm³/mol. The van der Waals surface area contributed by atoms with Gasteiger partial charge in [-0.2, -0.15) is 0 Å². The van der Waals surface area contributed by atoms with Crippen LogP contribution in [0.15, 0.2) is 24.3 Å². The van der Waals surface area contributed by atoms with E-state index in [1.54, 1.807) is 0 Å². The predicted octanol–water partition coefficient (Wildman–Crippen LogP) is 2.80. The number of aliphatic hydroxyl groups excluding tert-OH is 1. The first kappa shape index (κ1) is 11.2. The lowest BCUT2D eigenvalue weighted by molar-refractivity contribution is 0.185. The van der Waals surface area contributed by atoms with Gasteiger partial charge in [-0.1, -0.05) is 18.2 Å². The van der Waals surface area contributed by atoms with Crippen molar-refractivity contribution < 1.29 is 5.11 Å². The quantitative estimate of drug-likeness (QED) is 0.840. The van der Waals surface area contributed by atoms with Crippen molar-refractivity contribution in [3.05, 3.63) is 35.5 Å². The topological polar surface area (TPSA) is 25.2 Å². The van der Waals surface area contributed by atoms with E-state index < -0.39 is 0 Å². The molecule has 1 aromatic heterocycles. The minimum absolute atomic E-state index is 0.224. The Hall–Kier alpha value is -1.28. The summed E-state index contributed by atoms with van der Waals surface area (Å²) in [6.45, 7) is 4.00. The molecule has 0 bridgehead atoms. The van der Waals surface area contributed by atoms with Gasteiger partial charge in [0, 0.05) is 23.6 Å². The number of benzene rings is 1. The van der Waals surface area contributed by atoms with E-state index in [1.165, 1.54) is 22.2 Å². The van der Waals surface area contributed by atoms with Crippen molar-refractivity contribution in [2.75, 3.05) is 0 Å². The Labute approximate surface area is 96.5 Å². The van der Waals surface area contributed by atoms with Crippen molar-refractivity contribution in [3.63, 3.8) is 0 Å². The minimum atomic E-state index is -0.224. The Kier molecular flexibility index (Phi) is 3.01. The number of hydrogen-bond donors (Lipinski definition) is 1. The smallest absolute Gasteiger partial charge is 0.0515 e. The van der Waals surface area contributed by atoms with E-state index in [4.69, 9.17) is 0 Å². The summed E-state index contributed by atoms with van der Waals surface area (Å²) in [5, 5.41) is 10.7. The first-order valence-electron chi connectivity index (χ1n) is 5.82. The number of fused-ring (bicyclic) bond motifs is 1. The number of aliphatic hydroxyl groups is 1. The van der Waals surface area contributed by atoms with Crippen LogP contribution < -0.4 is 0 Å². The molecule has 86 valence electrons. The highest BCUT2D eigenvalue weighted by atomic mass is 16.3. The van der Waals surface area contributed by atoms with Gasteiger partial charge in [0.25, 0.3) is 0 Å². The fourth-order valence-electron chi connectivity index (χ4n) is 2.27. The second-order valence-corrected chi connectivity index (χ2v) is 4.53. The van der Waals surface area contributed by atoms with Gasteiger partial charge in [0.05, 0.1) is 6.10 Å². The van der Waals surface area contributed by atoms with Crippen LogP contribution in [0.25, 0.3) is 10.9 Å². The first-order chi connectivity index (χ1) is 7.61. The zero-order valence-corrected chi connectivity index (χ0v) is 10.2. The molecule has 2 nitrogen and oxygen atoms in total. The average molecular weight is 217 g/mol. The number of aromatic nitrogens is 1. The summed E-state index contributed by atoms with van der Waals surface area (Å²) >= 11 is 0. The van der Waals surface area contributed by atoms with Crippen LogP contribution in [0.4, 0.5) is 0 Å². The number of nitrogens with zero attached hydrogens (tertiary/aromatic N) is 1.